The summed E-state index contributed by atoms with van der Waals surface area (Å²) in [5.74, 6) is -0.183. The number of carbonyl (C=O) groups excluding carboxylic acids is 2. The Labute approximate surface area is 149 Å². The van der Waals surface area contributed by atoms with Crippen molar-refractivity contribution >= 4 is 27.8 Å². The summed E-state index contributed by atoms with van der Waals surface area (Å²) in [6, 6.07) is 13.9. The molecule has 6 heteroatoms. The van der Waals surface area contributed by atoms with Gasteiger partial charge in [0, 0.05) is 4.47 Å². The maximum Gasteiger partial charge on any atom is 0.338 e. The normalized spacial score (nSPS) is 11.5. The molecule has 24 heavy (non-hydrogen) atoms. The molecule has 1 N–H and O–H groups in total. The maximum absolute atomic E-state index is 11.9. The number of ether oxygens (including phenoxy) is 2. The summed E-state index contributed by atoms with van der Waals surface area (Å²) in [5, 5.41) is 2.78. The average Bonchev–Trinajstić information content (AvgIpc) is 2.60. The van der Waals surface area contributed by atoms with Crippen LogP contribution in [0.4, 0.5) is 0 Å². The molecule has 0 aliphatic rings. The molecule has 0 aliphatic carbocycles. The van der Waals surface area contributed by atoms with E-state index in [1.165, 1.54) is 0 Å². The van der Waals surface area contributed by atoms with Crippen LogP contribution in [0.2, 0.25) is 0 Å². The molecule has 0 saturated heterocycles. The van der Waals surface area contributed by atoms with Gasteiger partial charge >= 0.3 is 5.97 Å². The first kappa shape index (κ1) is 18.0. The lowest BCUT2D eigenvalue weighted by Gasteiger charge is -2.15. The number of rotatable bonds is 6. The molecule has 0 heterocycles. The van der Waals surface area contributed by atoms with E-state index in [0.717, 1.165) is 15.8 Å². The fraction of sp³-hybridized carbons (Fsp3) is 0.222. The summed E-state index contributed by atoms with van der Waals surface area (Å²) in [5.41, 5.74) is 1.30. The Morgan fingerprint density at radius 2 is 1.88 bits per heavy atom. The molecule has 0 fully saturated rings. The van der Waals surface area contributed by atoms with Gasteiger partial charge in [-0.15, -0.1) is 0 Å². The van der Waals surface area contributed by atoms with Crippen molar-refractivity contribution in [2.45, 2.75) is 13.0 Å². The molecule has 1 atom stereocenters. The van der Waals surface area contributed by atoms with Crippen LogP contribution in [0.1, 0.15) is 28.9 Å². The number of hydrogen-bond acceptors (Lipinski definition) is 4. The van der Waals surface area contributed by atoms with E-state index in [0.29, 0.717) is 5.56 Å². The van der Waals surface area contributed by atoms with E-state index >= 15 is 0 Å². The molecule has 1 amide bonds. The summed E-state index contributed by atoms with van der Waals surface area (Å²) in [6.07, 6.45) is 0. The Bertz CT molecular complexity index is 715. The largest absolute Gasteiger partial charge is 0.497 e. The third-order valence-corrected chi connectivity index (χ3v) is 3.91. The van der Waals surface area contributed by atoms with Crippen LogP contribution in [0.5, 0.6) is 5.75 Å². The Balaban J connectivity index is 1.86. The molecule has 2 aromatic rings. The molecule has 2 rings (SSSR count). The number of esters is 1. The second-order valence-corrected chi connectivity index (χ2v) is 6.06. The van der Waals surface area contributed by atoms with Crippen molar-refractivity contribution in [2.24, 2.45) is 0 Å². The SMILES string of the molecule is COc1cccc([C@H](C)NC(=O)COC(=O)c2ccc(Br)cc2)c1. The predicted molar refractivity (Wildman–Crippen MR) is 94.0 cm³/mol. The van der Waals surface area contributed by atoms with Crippen LogP contribution in [0.15, 0.2) is 53.0 Å². The smallest absolute Gasteiger partial charge is 0.338 e. The average molecular weight is 392 g/mol. The van der Waals surface area contributed by atoms with Gasteiger partial charge in [0.05, 0.1) is 18.7 Å². The van der Waals surface area contributed by atoms with E-state index in [-0.39, 0.29) is 18.6 Å². The second kappa shape index (κ2) is 8.49. The molecular weight excluding hydrogens is 374 g/mol. The lowest BCUT2D eigenvalue weighted by Crippen LogP contribution is -2.31. The first-order valence-electron chi connectivity index (χ1n) is 7.35. The predicted octanol–water partition coefficient (Wildman–Crippen LogP) is 3.49. The van der Waals surface area contributed by atoms with Crippen LogP contribution >= 0.6 is 15.9 Å². The molecular formula is C18H18BrNO4. The lowest BCUT2D eigenvalue weighted by molar-refractivity contribution is -0.124. The molecule has 5 nitrogen and oxygen atoms in total. The fourth-order valence-electron chi connectivity index (χ4n) is 2.08. The van der Waals surface area contributed by atoms with Crippen LogP contribution in [0.25, 0.3) is 0 Å². The summed E-state index contributed by atoms with van der Waals surface area (Å²) < 4.78 is 11.0. The Hall–Kier alpha value is -2.34. The highest BCUT2D eigenvalue weighted by Crippen LogP contribution is 2.18. The van der Waals surface area contributed by atoms with Crippen LogP contribution < -0.4 is 10.1 Å². The number of carbonyl (C=O) groups is 2. The third-order valence-electron chi connectivity index (χ3n) is 3.39. The molecule has 126 valence electrons. The zero-order chi connectivity index (χ0) is 17.5. The number of methoxy groups -OCH3 is 1. The van der Waals surface area contributed by atoms with Gasteiger partial charge in [-0.3, -0.25) is 4.79 Å². The minimum Gasteiger partial charge on any atom is -0.497 e. The Kier molecular flexibility index (Phi) is 6.37. The van der Waals surface area contributed by atoms with Gasteiger partial charge in [-0.05, 0) is 48.9 Å². The van der Waals surface area contributed by atoms with Gasteiger partial charge in [0.15, 0.2) is 6.61 Å². The first-order chi connectivity index (χ1) is 11.5. The summed E-state index contributed by atoms with van der Waals surface area (Å²) >= 11 is 3.29. The summed E-state index contributed by atoms with van der Waals surface area (Å²) in [7, 11) is 1.59. The molecule has 2 aromatic carbocycles. The van der Waals surface area contributed by atoms with Crippen LogP contribution in [-0.4, -0.2) is 25.6 Å². The van der Waals surface area contributed by atoms with Gasteiger partial charge in [-0.2, -0.15) is 0 Å². The van der Waals surface area contributed by atoms with E-state index in [9.17, 15) is 9.59 Å². The summed E-state index contributed by atoms with van der Waals surface area (Å²) in [6.45, 7) is 1.52. The molecule has 0 radical (unpaired) electrons. The quantitative estimate of drug-likeness (QED) is 0.765. The van der Waals surface area contributed by atoms with Gasteiger partial charge in [0.2, 0.25) is 0 Å². The second-order valence-electron chi connectivity index (χ2n) is 5.15. The maximum atomic E-state index is 11.9. The monoisotopic (exact) mass is 391 g/mol. The number of halogens is 1. The highest BCUT2D eigenvalue weighted by Gasteiger charge is 2.13. The van der Waals surface area contributed by atoms with Crippen molar-refractivity contribution in [3.8, 4) is 5.75 Å². The number of hydrogen-bond donors (Lipinski definition) is 1. The minimum atomic E-state index is -0.535. The zero-order valence-electron chi connectivity index (χ0n) is 13.4. The number of benzene rings is 2. The highest BCUT2D eigenvalue weighted by atomic mass is 79.9. The lowest BCUT2D eigenvalue weighted by atomic mass is 10.1. The van der Waals surface area contributed by atoms with E-state index < -0.39 is 5.97 Å². The molecule has 0 aliphatic heterocycles. The van der Waals surface area contributed by atoms with Gasteiger partial charge in [-0.1, -0.05) is 28.1 Å². The molecule has 0 unspecified atom stereocenters. The van der Waals surface area contributed by atoms with Crippen LogP contribution in [0.3, 0.4) is 0 Å². The zero-order valence-corrected chi connectivity index (χ0v) is 15.0. The standard InChI is InChI=1S/C18H18BrNO4/c1-12(14-4-3-5-16(10-14)23-2)20-17(21)11-24-18(22)13-6-8-15(19)9-7-13/h3-10,12H,11H2,1-2H3,(H,20,21)/t12-/m0/s1. The Morgan fingerprint density at radius 3 is 2.54 bits per heavy atom. The molecule has 0 bridgehead atoms. The highest BCUT2D eigenvalue weighted by molar-refractivity contribution is 9.10. The molecule has 0 saturated carbocycles. The van der Waals surface area contributed by atoms with Crippen LogP contribution in [-0.2, 0) is 9.53 Å². The minimum absolute atomic E-state index is 0.223. The van der Waals surface area contributed by atoms with Crippen molar-refractivity contribution in [1.29, 1.82) is 0 Å². The van der Waals surface area contributed by atoms with Crippen molar-refractivity contribution < 1.29 is 19.1 Å². The topological polar surface area (TPSA) is 64.6 Å². The van der Waals surface area contributed by atoms with Gasteiger partial charge in [0.1, 0.15) is 5.75 Å². The summed E-state index contributed by atoms with van der Waals surface area (Å²) in [4.78, 5) is 23.8. The molecule has 0 spiro atoms. The molecule has 0 aromatic heterocycles. The van der Waals surface area contributed by atoms with Gasteiger partial charge in [0.25, 0.3) is 5.91 Å². The van der Waals surface area contributed by atoms with Crippen molar-refractivity contribution in [1.82, 2.24) is 5.32 Å². The van der Waals surface area contributed by atoms with E-state index in [2.05, 4.69) is 21.2 Å². The van der Waals surface area contributed by atoms with Crippen molar-refractivity contribution in [2.75, 3.05) is 13.7 Å². The van der Waals surface area contributed by atoms with Gasteiger partial charge < -0.3 is 14.8 Å². The Morgan fingerprint density at radius 1 is 1.17 bits per heavy atom. The van der Waals surface area contributed by atoms with Gasteiger partial charge in [-0.25, -0.2) is 4.79 Å². The fourth-order valence-corrected chi connectivity index (χ4v) is 2.34. The van der Waals surface area contributed by atoms with Crippen LogP contribution in [0, 0.1) is 0 Å². The van der Waals surface area contributed by atoms with E-state index in [1.807, 2.05) is 31.2 Å². The van der Waals surface area contributed by atoms with E-state index in [1.54, 1.807) is 31.4 Å². The number of amides is 1. The number of nitrogens with one attached hydrogen (secondary N) is 1. The van der Waals surface area contributed by atoms with Crippen molar-refractivity contribution in [3.63, 3.8) is 0 Å². The first-order valence-corrected chi connectivity index (χ1v) is 8.15. The third kappa shape index (κ3) is 5.09. The van der Waals surface area contributed by atoms with E-state index in [4.69, 9.17) is 9.47 Å². The van der Waals surface area contributed by atoms with Crippen molar-refractivity contribution in [3.05, 3.63) is 64.1 Å².